The maximum Gasteiger partial charge on any atom is 0.248 e. The molecule has 2 rings (SSSR count). The minimum Gasteiger partial charge on any atom is -0.397 e. The van der Waals surface area contributed by atoms with E-state index >= 15 is 0 Å². The highest BCUT2D eigenvalue weighted by molar-refractivity contribution is 5.95. The largest absolute Gasteiger partial charge is 0.397 e. The van der Waals surface area contributed by atoms with Gasteiger partial charge in [-0.2, -0.15) is 0 Å². The van der Waals surface area contributed by atoms with Crippen molar-refractivity contribution in [2.24, 2.45) is 5.73 Å². The molecule has 6 heteroatoms. The van der Waals surface area contributed by atoms with E-state index in [1.165, 1.54) is 0 Å². The number of carbonyl (C=O) groups is 2. The molecular weight excluding hydrogens is 220 g/mol. The van der Waals surface area contributed by atoms with Crippen molar-refractivity contribution in [2.45, 2.75) is 0 Å². The second kappa shape index (κ2) is 4.32. The Balaban J connectivity index is 2.33. The fraction of sp³-hybridized carbons (Fsp3) is 0.273. The summed E-state index contributed by atoms with van der Waals surface area (Å²) in [6, 6.07) is 4.82. The van der Waals surface area contributed by atoms with Crippen molar-refractivity contribution >= 4 is 23.2 Å². The number of hydrogen-bond acceptors (Lipinski definition) is 4. The molecule has 0 unspecified atom stereocenters. The number of nitrogen functional groups attached to an aromatic ring is 1. The summed E-state index contributed by atoms with van der Waals surface area (Å²) in [6.45, 7) is 1.48. The minimum atomic E-state index is -0.507. The Morgan fingerprint density at radius 2 is 2.18 bits per heavy atom. The van der Waals surface area contributed by atoms with Crippen LogP contribution in [0.5, 0.6) is 0 Å². The molecular formula is C11H14N4O2. The summed E-state index contributed by atoms with van der Waals surface area (Å²) in [7, 11) is 0. The Labute approximate surface area is 98.6 Å². The van der Waals surface area contributed by atoms with Crippen LogP contribution in [0.2, 0.25) is 0 Å². The Morgan fingerprint density at radius 1 is 1.41 bits per heavy atom. The van der Waals surface area contributed by atoms with Crippen molar-refractivity contribution in [3.05, 3.63) is 23.8 Å². The molecule has 0 aromatic heterocycles. The molecule has 0 spiro atoms. The van der Waals surface area contributed by atoms with Gasteiger partial charge >= 0.3 is 0 Å². The average Bonchev–Trinajstić information content (AvgIpc) is 2.29. The van der Waals surface area contributed by atoms with Crippen LogP contribution in [-0.2, 0) is 4.79 Å². The Bertz CT molecular complexity index is 473. The van der Waals surface area contributed by atoms with Gasteiger partial charge in [-0.1, -0.05) is 0 Å². The van der Waals surface area contributed by atoms with Gasteiger partial charge in [0.1, 0.15) is 0 Å². The number of nitrogens with two attached hydrogens (primary N) is 2. The second-order valence-electron chi connectivity index (χ2n) is 3.91. The lowest BCUT2D eigenvalue weighted by molar-refractivity contribution is -0.120. The molecule has 90 valence electrons. The van der Waals surface area contributed by atoms with E-state index in [1.807, 2.05) is 4.90 Å². The molecule has 1 aromatic rings. The molecule has 2 amide bonds. The number of carbonyl (C=O) groups excluding carboxylic acids is 2. The molecule has 0 saturated carbocycles. The number of rotatable bonds is 2. The van der Waals surface area contributed by atoms with Gasteiger partial charge in [-0.3, -0.25) is 9.59 Å². The lowest BCUT2D eigenvalue weighted by atomic mass is 10.1. The Kier molecular flexibility index (Phi) is 2.86. The molecule has 17 heavy (non-hydrogen) atoms. The number of primary amides is 1. The van der Waals surface area contributed by atoms with Crippen LogP contribution in [-0.4, -0.2) is 31.4 Å². The molecule has 1 aromatic carbocycles. The van der Waals surface area contributed by atoms with Gasteiger partial charge in [0.05, 0.1) is 17.9 Å². The average molecular weight is 234 g/mol. The predicted octanol–water partition coefficient (Wildman–Crippen LogP) is -0.696. The van der Waals surface area contributed by atoms with Crippen LogP contribution >= 0.6 is 0 Å². The van der Waals surface area contributed by atoms with E-state index in [1.54, 1.807) is 18.2 Å². The molecule has 0 radical (unpaired) electrons. The standard InChI is InChI=1S/C11H14N4O2/c12-8-2-1-7(11(13)17)5-9(8)15-4-3-14-10(16)6-15/h1-2,5H,3-4,6,12H2,(H2,13,17)(H,14,16). The molecule has 1 saturated heterocycles. The molecule has 1 fully saturated rings. The van der Waals surface area contributed by atoms with Crippen LogP contribution in [0.4, 0.5) is 11.4 Å². The minimum absolute atomic E-state index is 0.0554. The first-order valence-electron chi connectivity index (χ1n) is 5.29. The first-order chi connectivity index (χ1) is 8.08. The van der Waals surface area contributed by atoms with Gasteiger partial charge in [0.15, 0.2) is 0 Å². The fourth-order valence-electron chi connectivity index (χ4n) is 1.82. The van der Waals surface area contributed by atoms with Crippen molar-refractivity contribution in [3.63, 3.8) is 0 Å². The van der Waals surface area contributed by atoms with Gasteiger partial charge < -0.3 is 21.7 Å². The predicted molar refractivity (Wildman–Crippen MR) is 64.6 cm³/mol. The topological polar surface area (TPSA) is 101 Å². The van der Waals surface area contributed by atoms with E-state index in [-0.39, 0.29) is 12.5 Å². The van der Waals surface area contributed by atoms with E-state index < -0.39 is 5.91 Å². The van der Waals surface area contributed by atoms with Crippen molar-refractivity contribution < 1.29 is 9.59 Å². The van der Waals surface area contributed by atoms with Gasteiger partial charge in [0, 0.05) is 18.7 Å². The van der Waals surface area contributed by atoms with Gasteiger partial charge in [-0.05, 0) is 18.2 Å². The van der Waals surface area contributed by atoms with Gasteiger partial charge in [-0.25, -0.2) is 0 Å². The summed E-state index contributed by atoms with van der Waals surface area (Å²) < 4.78 is 0. The summed E-state index contributed by atoms with van der Waals surface area (Å²) >= 11 is 0. The van der Waals surface area contributed by atoms with E-state index in [0.29, 0.717) is 30.0 Å². The number of nitrogens with zero attached hydrogens (tertiary/aromatic N) is 1. The smallest absolute Gasteiger partial charge is 0.248 e. The third-order valence-electron chi connectivity index (χ3n) is 2.69. The first-order valence-corrected chi connectivity index (χ1v) is 5.29. The monoisotopic (exact) mass is 234 g/mol. The highest BCUT2D eigenvalue weighted by Gasteiger charge is 2.19. The van der Waals surface area contributed by atoms with Crippen LogP contribution in [0.15, 0.2) is 18.2 Å². The van der Waals surface area contributed by atoms with Crippen LogP contribution in [0.25, 0.3) is 0 Å². The van der Waals surface area contributed by atoms with Gasteiger partial charge in [-0.15, -0.1) is 0 Å². The highest BCUT2D eigenvalue weighted by atomic mass is 16.2. The first kappa shape index (κ1) is 11.3. The number of amides is 2. The van der Waals surface area contributed by atoms with E-state index in [9.17, 15) is 9.59 Å². The van der Waals surface area contributed by atoms with Crippen molar-refractivity contribution in [2.75, 3.05) is 30.3 Å². The molecule has 5 N–H and O–H groups in total. The van der Waals surface area contributed by atoms with Crippen LogP contribution in [0.3, 0.4) is 0 Å². The molecule has 6 nitrogen and oxygen atoms in total. The van der Waals surface area contributed by atoms with Gasteiger partial charge in [0.2, 0.25) is 11.8 Å². The van der Waals surface area contributed by atoms with E-state index in [4.69, 9.17) is 11.5 Å². The molecule has 0 aliphatic carbocycles. The SMILES string of the molecule is NC(=O)c1ccc(N)c(N2CCNC(=O)C2)c1. The summed E-state index contributed by atoms with van der Waals surface area (Å²) in [5.41, 5.74) is 12.7. The quantitative estimate of drug-likeness (QED) is 0.589. The lowest BCUT2D eigenvalue weighted by Crippen LogP contribution is -2.48. The fourth-order valence-corrected chi connectivity index (χ4v) is 1.82. The van der Waals surface area contributed by atoms with Crippen molar-refractivity contribution in [3.8, 4) is 0 Å². The zero-order valence-corrected chi connectivity index (χ0v) is 9.27. The molecule has 0 bridgehead atoms. The Hall–Kier alpha value is -2.24. The highest BCUT2D eigenvalue weighted by Crippen LogP contribution is 2.24. The maximum atomic E-state index is 11.3. The summed E-state index contributed by atoms with van der Waals surface area (Å²) in [5, 5.41) is 2.73. The van der Waals surface area contributed by atoms with Crippen molar-refractivity contribution in [1.82, 2.24) is 5.32 Å². The number of nitrogens with one attached hydrogen (secondary N) is 1. The summed E-state index contributed by atoms with van der Waals surface area (Å²) in [6.07, 6.45) is 0. The van der Waals surface area contributed by atoms with E-state index in [0.717, 1.165) is 0 Å². The van der Waals surface area contributed by atoms with E-state index in [2.05, 4.69) is 5.32 Å². The van der Waals surface area contributed by atoms with Crippen molar-refractivity contribution in [1.29, 1.82) is 0 Å². The van der Waals surface area contributed by atoms with Crippen LogP contribution in [0.1, 0.15) is 10.4 Å². The van der Waals surface area contributed by atoms with Crippen LogP contribution < -0.4 is 21.7 Å². The molecule has 1 aliphatic heterocycles. The number of hydrogen-bond donors (Lipinski definition) is 3. The molecule has 0 atom stereocenters. The molecule has 1 aliphatic rings. The maximum absolute atomic E-state index is 11.3. The number of anilines is 2. The zero-order chi connectivity index (χ0) is 12.4. The Morgan fingerprint density at radius 3 is 2.82 bits per heavy atom. The second-order valence-corrected chi connectivity index (χ2v) is 3.91. The summed E-state index contributed by atoms with van der Waals surface area (Å²) in [4.78, 5) is 24.2. The van der Waals surface area contributed by atoms with Gasteiger partial charge in [0.25, 0.3) is 0 Å². The summed E-state index contributed by atoms with van der Waals surface area (Å²) in [5.74, 6) is -0.562. The normalized spacial score (nSPS) is 15.5. The zero-order valence-electron chi connectivity index (χ0n) is 9.27. The third kappa shape index (κ3) is 2.30. The molecule has 1 heterocycles. The number of benzene rings is 1. The lowest BCUT2D eigenvalue weighted by Gasteiger charge is -2.29. The van der Waals surface area contributed by atoms with Crippen LogP contribution in [0, 0.1) is 0 Å². The third-order valence-corrected chi connectivity index (χ3v) is 2.69. The number of piperazine rings is 1.